The minimum absolute atomic E-state index is 0.0539. The number of carbonyl (C=O) groups is 4. The zero-order valence-corrected chi connectivity index (χ0v) is 19.8. The summed E-state index contributed by atoms with van der Waals surface area (Å²) in [6.07, 6.45) is -7.12. The molecule has 0 aliphatic carbocycles. The summed E-state index contributed by atoms with van der Waals surface area (Å²) in [6.45, 7) is -0.0557. The van der Waals surface area contributed by atoms with Gasteiger partial charge in [-0.1, -0.05) is 60.7 Å². The predicted molar refractivity (Wildman–Crippen MR) is 126 cm³/mol. The first-order chi connectivity index (χ1) is 17.5. The molecule has 0 radical (unpaired) electrons. The molecule has 12 heteroatoms. The molecule has 200 valence electrons. The Kier molecular flexibility index (Phi) is 11.1. The fraction of sp³-hybridized carbons (Fsp3) is 0.360. The summed E-state index contributed by atoms with van der Waals surface area (Å²) >= 11 is 0. The van der Waals surface area contributed by atoms with Crippen molar-refractivity contribution in [2.75, 3.05) is 6.54 Å². The number of alkyl carbamates (subject to hydrolysis) is 1. The van der Waals surface area contributed by atoms with Gasteiger partial charge >= 0.3 is 24.1 Å². The van der Waals surface area contributed by atoms with Crippen LogP contribution in [-0.4, -0.2) is 58.7 Å². The molecule has 0 saturated carbocycles. The van der Waals surface area contributed by atoms with E-state index in [9.17, 15) is 37.5 Å². The van der Waals surface area contributed by atoms with Crippen LogP contribution in [0.1, 0.15) is 30.4 Å². The first-order valence-corrected chi connectivity index (χ1v) is 11.4. The van der Waals surface area contributed by atoms with Crippen molar-refractivity contribution in [1.29, 1.82) is 0 Å². The molecule has 37 heavy (non-hydrogen) atoms. The number of nitrogens with two attached hydrogens (primary N) is 1. The van der Waals surface area contributed by atoms with E-state index < -0.39 is 48.6 Å². The van der Waals surface area contributed by atoms with E-state index in [1.54, 1.807) is 60.7 Å². The molecule has 0 aromatic heterocycles. The third kappa shape index (κ3) is 9.22. The quantitative estimate of drug-likeness (QED) is 0.364. The van der Waals surface area contributed by atoms with E-state index in [0.717, 1.165) is 0 Å². The number of carbonyl (C=O) groups excluding carboxylic acids is 3. The molecule has 2 rings (SSSR count). The Bertz CT molecular complexity index is 1050. The lowest BCUT2D eigenvalue weighted by atomic mass is 10.0. The van der Waals surface area contributed by atoms with E-state index in [0.29, 0.717) is 11.1 Å². The molecule has 9 nitrogen and oxygen atoms in total. The fourth-order valence-electron chi connectivity index (χ4n) is 3.50. The Morgan fingerprint density at radius 2 is 1.51 bits per heavy atom. The Labute approximate surface area is 211 Å². The molecule has 0 bridgehead atoms. The van der Waals surface area contributed by atoms with Crippen LogP contribution in [0.15, 0.2) is 60.7 Å². The second kappa shape index (κ2) is 14.0. The highest BCUT2D eigenvalue weighted by molar-refractivity contribution is 6.04. The third-order valence-electron chi connectivity index (χ3n) is 5.31. The molecule has 0 aliphatic heterocycles. The van der Waals surface area contributed by atoms with Crippen molar-refractivity contribution in [3.8, 4) is 0 Å². The molecule has 0 heterocycles. The molecule has 4 N–H and O–H groups in total. The van der Waals surface area contributed by atoms with Gasteiger partial charge in [-0.2, -0.15) is 13.2 Å². The number of alkyl halides is 3. The van der Waals surface area contributed by atoms with E-state index >= 15 is 0 Å². The lowest BCUT2D eigenvalue weighted by molar-refractivity contribution is -0.192. The highest BCUT2D eigenvalue weighted by Gasteiger charge is 2.50. The number of unbranched alkanes of at least 4 members (excludes halogenated alkanes) is 1. The number of amides is 3. The van der Waals surface area contributed by atoms with Crippen LogP contribution < -0.4 is 11.1 Å². The topological polar surface area (TPSA) is 139 Å². The molecule has 0 saturated heterocycles. The number of ether oxygens (including phenoxy) is 1. The number of hydrogen-bond acceptors (Lipinski definition) is 6. The standard InChI is InChI=1S/C25H28F3N3O6/c26-25(27,28)23(35)31(20(22(33)34)13-7-8-14-29)21(32)19(15-17-9-3-1-4-10-17)30-24(36)37-16-18-11-5-2-6-12-18/h1-6,9-12,19-20H,7-8,13-16,29H2,(H,30,36)(H,33,34)/t19-,20-/m0/s1. The average molecular weight is 524 g/mol. The second-order valence-corrected chi connectivity index (χ2v) is 8.10. The van der Waals surface area contributed by atoms with Gasteiger partial charge in [0.1, 0.15) is 18.7 Å². The first kappa shape index (κ1) is 29.3. The zero-order valence-electron chi connectivity index (χ0n) is 19.8. The van der Waals surface area contributed by atoms with Gasteiger partial charge in [-0.3, -0.25) is 14.5 Å². The van der Waals surface area contributed by atoms with Crippen molar-refractivity contribution < 1.29 is 42.2 Å². The smallest absolute Gasteiger partial charge is 0.471 e. The number of carboxylic acids is 1. The van der Waals surface area contributed by atoms with Gasteiger partial charge in [0, 0.05) is 6.42 Å². The monoisotopic (exact) mass is 523 g/mol. The second-order valence-electron chi connectivity index (χ2n) is 8.10. The molecule has 0 unspecified atom stereocenters. The SMILES string of the molecule is NCCCC[C@@H](C(=O)O)N(C(=O)[C@H](Cc1ccccc1)NC(=O)OCc1ccccc1)C(=O)C(F)(F)F. The van der Waals surface area contributed by atoms with E-state index in [-0.39, 0.29) is 37.3 Å². The van der Waals surface area contributed by atoms with Crippen molar-refractivity contribution in [1.82, 2.24) is 10.2 Å². The Balaban J connectivity index is 2.36. The summed E-state index contributed by atoms with van der Waals surface area (Å²) in [5, 5.41) is 11.8. The largest absolute Gasteiger partial charge is 0.480 e. The number of nitrogens with one attached hydrogen (secondary N) is 1. The van der Waals surface area contributed by atoms with Gasteiger partial charge in [-0.15, -0.1) is 0 Å². The Morgan fingerprint density at radius 3 is 2.03 bits per heavy atom. The van der Waals surface area contributed by atoms with Crippen molar-refractivity contribution in [3.05, 3.63) is 71.8 Å². The molecular weight excluding hydrogens is 495 g/mol. The van der Waals surface area contributed by atoms with E-state index in [4.69, 9.17) is 10.5 Å². The van der Waals surface area contributed by atoms with Gasteiger partial charge in [0.2, 0.25) is 0 Å². The van der Waals surface area contributed by atoms with Crippen molar-refractivity contribution in [2.24, 2.45) is 5.73 Å². The van der Waals surface area contributed by atoms with E-state index in [1.165, 1.54) is 0 Å². The average Bonchev–Trinajstić information content (AvgIpc) is 2.86. The summed E-state index contributed by atoms with van der Waals surface area (Å²) in [7, 11) is 0. The van der Waals surface area contributed by atoms with Crippen LogP contribution in [0.4, 0.5) is 18.0 Å². The Morgan fingerprint density at radius 1 is 0.946 bits per heavy atom. The molecule has 0 spiro atoms. The molecular formula is C25H28F3N3O6. The summed E-state index contributed by atoms with van der Waals surface area (Å²) in [6, 6.07) is 12.6. The maximum absolute atomic E-state index is 13.5. The number of carboxylic acid groups (broad SMARTS) is 1. The highest BCUT2D eigenvalue weighted by Crippen LogP contribution is 2.24. The van der Waals surface area contributed by atoms with Gasteiger partial charge in [0.25, 0.3) is 5.91 Å². The lowest BCUT2D eigenvalue weighted by Crippen LogP contribution is -2.59. The Hall–Kier alpha value is -3.93. The van der Waals surface area contributed by atoms with Gasteiger partial charge in [0.15, 0.2) is 0 Å². The highest BCUT2D eigenvalue weighted by atomic mass is 19.4. The molecule has 2 aromatic rings. The predicted octanol–water partition coefficient (Wildman–Crippen LogP) is 3.02. The fourth-order valence-corrected chi connectivity index (χ4v) is 3.50. The number of nitrogens with zero attached hydrogens (tertiary/aromatic N) is 1. The zero-order chi connectivity index (χ0) is 27.4. The maximum atomic E-state index is 13.5. The minimum atomic E-state index is -5.54. The van der Waals surface area contributed by atoms with E-state index in [2.05, 4.69) is 5.32 Å². The molecule has 3 amide bonds. The number of halogens is 3. The number of aliphatic carboxylic acids is 1. The van der Waals surface area contributed by atoms with Crippen molar-refractivity contribution in [3.63, 3.8) is 0 Å². The summed E-state index contributed by atoms with van der Waals surface area (Å²) < 4.78 is 45.5. The van der Waals surface area contributed by atoms with Gasteiger partial charge < -0.3 is 20.9 Å². The van der Waals surface area contributed by atoms with Gasteiger partial charge in [0.05, 0.1) is 0 Å². The molecule has 2 atom stereocenters. The first-order valence-electron chi connectivity index (χ1n) is 11.4. The van der Waals surface area contributed by atoms with Crippen LogP contribution in [0.2, 0.25) is 0 Å². The van der Waals surface area contributed by atoms with Crippen LogP contribution in [0.3, 0.4) is 0 Å². The van der Waals surface area contributed by atoms with Crippen LogP contribution in [-0.2, 0) is 32.1 Å². The maximum Gasteiger partial charge on any atom is 0.471 e. The van der Waals surface area contributed by atoms with Crippen LogP contribution in [0, 0.1) is 0 Å². The molecule has 0 aliphatic rings. The van der Waals surface area contributed by atoms with E-state index in [1.807, 2.05) is 0 Å². The van der Waals surface area contributed by atoms with Crippen LogP contribution in [0.5, 0.6) is 0 Å². The van der Waals surface area contributed by atoms with Crippen molar-refractivity contribution >= 4 is 23.9 Å². The summed E-state index contributed by atoms with van der Waals surface area (Å²) in [5.74, 6) is -5.97. The third-order valence-corrected chi connectivity index (χ3v) is 5.31. The molecule has 0 fully saturated rings. The van der Waals surface area contributed by atoms with Gasteiger partial charge in [-0.25, -0.2) is 9.59 Å². The summed E-state index contributed by atoms with van der Waals surface area (Å²) in [4.78, 5) is 49.7. The number of imide groups is 1. The number of rotatable bonds is 12. The van der Waals surface area contributed by atoms with Crippen LogP contribution in [0.25, 0.3) is 0 Å². The van der Waals surface area contributed by atoms with Gasteiger partial charge in [-0.05, 0) is 36.9 Å². The normalized spacial score (nSPS) is 12.8. The summed E-state index contributed by atoms with van der Waals surface area (Å²) in [5.41, 5.74) is 6.44. The minimum Gasteiger partial charge on any atom is -0.480 e. The lowest BCUT2D eigenvalue weighted by Gasteiger charge is -2.31. The number of benzene rings is 2. The molecule has 2 aromatic carbocycles. The number of hydrogen-bond donors (Lipinski definition) is 3. The van der Waals surface area contributed by atoms with Crippen molar-refractivity contribution in [2.45, 2.75) is 50.6 Å². The van der Waals surface area contributed by atoms with Crippen LogP contribution >= 0.6 is 0 Å².